The SMILES string of the molecule is COC(=O)/C=C/c1cc(C#Cc2ccccc2)cc(C(=O)NCc2ccc(C)cc2)c1. The van der Waals surface area contributed by atoms with Gasteiger partial charge in [0.1, 0.15) is 0 Å². The van der Waals surface area contributed by atoms with Crippen molar-refractivity contribution in [1.29, 1.82) is 0 Å². The summed E-state index contributed by atoms with van der Waals surface area (Å²) in [4.78, 5) is 24.2. The van der Waals surface area contributed by atoms with Crippen LogP contribution in [0.15, 0.2) is 78.9 Å². The van der Waals surface area contributed by atoms with Crippen molar-refractivity contribution in [3.8, 4) is 11.8 Å². The van der Waals surface area contributed by atoms with E-state index in [1.807, 2.05) is 67.6 Å². The van der Waals surface area contributed by atoms with Crippen molar-refractivity contribution in [1.82, 2.24) is 5.32 Å². The quantitative estimate of drug-likeness (QED) is 0.383. The van der Waals surface area contributed by atoms with Crippen molar-refractivity contribution >= 4 is 18.0 Å². The lowest BCUT2D eigenvalue weighted by Crippen LogP contribution is -2.23. The monoisotopic (exact) mass is 409 g/mol. The molecule has 0 aromatic heterocycles. The van der Waals surface area contributed by atoms with E-state index in [0.717, 1.165) is 11.1 Å². The Hall–Kier alpha value is -4.10. The summed E-state index contributed by atoms with van der Waals surface area (Å²) in [5.74, 6) is 5.52. The minimum Gasteiger partial charge on any atom is -0.466 e. The standard InChI is InChI=1S/C27H23NO3/c1-20-8-10-22(11-9-20)19-28-27(30)25-17-23(13-12-21-6-4-3-5-7-21)16-24(18-25)14-15-26(29)31-2/h3-11,14-18H,19H2,1-2H3,(H,28,30)/b15-14+. The number of methoxy groups -OCH3 is 1. The van der Waals surface area contributed by atoms with Gasteiger partial charge < -0.3 is 10.1 Å². The Bertz CT molecular complexity index is 1150. The molecule has 0 aliphatic heterocycles. The van der Waals surface area contributed by atoms with E-state index in [0.29, 0.717) is 23.2 Å². The topological polar surface area (TPSA) is 55.4 Å². The Kier molecular flexibility index (Phi) is 7.40. The van der Waals surface area contributed by atoms with Gasteiger partial charge in [-0.25, -0.2) is 4.79 Å². The van der Waals surface area contributed by atoms with Gasteiger partial charge in [0.05, 0.1) is 7.11 Å². The fourth-order valence-electron chi connectivity index (χ4n) is 2.84. The van der Waals surface area contributed by atoms with Crippen LogP contribution in [0.5, 0.6) is 0 Å². The molecule has 0 unspecified atom stereocenters. The van der Waals surface area contributed by atoms with Gasteiger partial charge in [0.15, 0.2) is 0 Å². The van der Waals surface area contributed by atoms with Gasteiger partial charge in [0.25, 0.3) is 5.91 Å². The third-order valence-electron chi connectivity index (χ3n) is 4.53. The van der Waals surface area contributed by atoms with Gasteiger partial charge in [-0.3, -0.25) is 4.79 Å². The molecule has 0 aliphatic carbocycles. The molecule has 0 atom stereocenters. The molecule has 3 rings (SSSR count). The van der Waals surface area contributed by atoms with Crippen molar-refractivity contribution in [2.75, 3.05) is 7.11 Å². The van der Waals surface area contributed by atoms with E-state index in [4.69, 9.17) is 0 Å². The average Bonchev–Trinajstić information content (AvgIpc) is 2.81. The zero-order valence-electron chi connectivity index (χ0n) is 17.5. The van der Waals surface area contributed by atoms with Crippen LogP contribution in [0, 0.1) is 18.8 Å². The molecular formula is C27H23NO3. The van der Waals surface area contributed by atoms with Crippen molar-refractivity contribution in [3.63, 3.8) is 0 Å². The van der Waals surface area contributed by atoms with Gasteiger partial charge in [0.2, 0.25) is 0 Å². The molecule has 3 aromatic carbocycles. The highest BCUT2D eigenvalue weighted by atomic mass is 16.5. The molecular weight excluding hydrogens is 386 g/mol. The van der Waals surface area contributed by atoms with Crippen LogP contribution in [0.3, 0.4) is 0 Å². The minimum atomic E-state index is -0.467. The van der Waals surface area contributed by atoms with Gasteiger partial charge in [-0.05, 0) is 54.5 Å². The molecule has 4 nitrogen and oxygen atoms in total. The zero-order valence-corrected chi connectivity index (χ0v) is 17.5. The molecule has 1 N–H and O–H groups in total. The maximum atomic E-state index is 12.8. The van der Waals surface area contributed by atoms with Gasteiger partial charge >= 0.3 is 5.97 Å². The van der Waals surface area contributed by atoms with Gasteiger partial charge in [-0.1, -0.05) is 59.9 Å². The summed E-state index contributed by atoms with van der Waals surface area (Å²) in [6, 6.07) is 22.9. The molecule has 0 radical (unpaired) electrons. The summed E-state index contributed by atoms with van der Waals surface area (Å²) in [7, 11) is 1.32. The maximum absolute atomic E-state index is 12.8. The number of benzene rings is 3. The number of hydrogen-bond acceptors (Lipinski definition) is 3. The number of aryl methyl sites for hydroxylation is 1. The molecule has 0 heterocycles. The van der Waals surface area contributed by atoms with Crippen molar-refractivity contribution in [3.05, 3.63) is 112 Å². The Morgan fingerprint density at radius 1 is 0.935 bits per heavy atom. The summed E-state index contributed by atoms with van der Waals surface area (Å²) >= 11 is 0. The molecule has 0 spiro atoms. The van der Waals surface area contributed by atoms with Crippen molar-refractivity contribution < 1.29 is 14.3 Å². The lowest BCUT2D eigenvalue weighted by molar-refractivity contribution is -0.134. The molecule has 4 heteroatoms. The predicted molar refractivity (Wildman–Crippen MR) is 122 cm³/mol. The summed E-state index contributed by atoms with van der Waals surface area (Å²) in [5, 5.41) is 2.94. The Labute approximate surface area is 182 Å². The number of amides is 1. The van der Waals surface area contributed by atoms with Crippen LogP contribution in [0.2, 0.25) is 0 Å². The fraction of sp³-hybridized carbons (Fsp3) is 0.111. The molecule has 1 amide bonds. The summed E-state index contributed by atoms with van der Waals surface area (Å²) in [5.41, 5.74) is 4.90. The first kappa shape index (κ1) is 21.6. The molecule has 0 saturated heterocycles. The number of carbonyl (C=O) groups excluding carboxylic acids is 2. The molecule has 154 valence electrons. The highest BCUT2D eigenvalue weighted by molar-refractivity contribution is 5.95. The largest absolute Gasteiger partial charge is 0.466 e. The second-order valence-corrected chi connectivity index (χ2v) is 6.98. The van der Waals surface area contributed by atoms with E-state index in [2.05, 4.69) is 21.9 Å². The van der Waals surface area contributed by atoms with Crippen LogP contribution in [-0.2, 0) is 16.1 Å². The van der Waals surface area contributed by atoms with Gasteiger partial charge in [-0.2, -0.15) is 0 Å². The summed E-state index contributed by atoms with van der Waals surface area (Å²) in [6.45, 7) is 2.44. The lowest BCUT2D eigenvalue weighted by atomic mass is 10.0. The Morgan fingerprint density at radius 3 is 2.35 bits per heavy atom. The minimum absolute atomic E-state index is 0.211. The summed E-state index contributed by atoms with van der Waals surface area (Å²) in [6.07, 6.45) is 2.92. The van der Waals surface area contributed by atoms with Crippen molar-refractivity contribution in [2.45, 2.75) is 13.5 Å². The van der Waals surface area contributed by atoms with Gasteiger partial charge in [-0.15, -0.1) is 0 Å². The number of esters is 1. The fourth-order valence-corrected chi connectivity index (χ4v) is 2.84. The first-order chi connectivity index (χ1) is 15.0. The Morgan fingerprint density at radius 2 is 1.65 bits per heavy atom. The van der Waals surface area contributed by atoms with Crippen LogP contribution in [0.1, 0.15) is 38.2 Å². The van der Waals surface area contributed by atoms with E-state index in [1.165, 1.54) is 18.7 Å². The second kappa shape index (κ2) is 10.6. The Balaban J connectivity index is 1.85. The molecule has 0 aliphatic rings. The molecule has 31 heavy (non-hydrogen) atoms. The number of carbonyl (C=O) groups is 2. The number of nitrogens with one attached hydrogen (secondary N) is 1. The third-order valence-corrected chi connectivity index (χ3v) is 4.53. The van der Waals surface area contributed by atoms with Crippen molar-refractivity contribution in [2.24, 2.45) is 0 Å². The summed E-state index contributed by atoms with van der Waals surface area (Å²) < 4.78 is 4.65. The molecule has 3 aromatic rings. The molecule has 0 bridgehead atoms. The average molecular weight is 409 g/mol. The smallest absolute Gasteiger partial charge is 0.330 e. The number of ether oxygens (including phenoxy) is 1. The number of rotatable bonds is 5. The van der Waals surface area contributed by atoms with E-state index < -0.39 is 5.97 Å². The second-order valence-electron chi connectivity index (χ2n) is 6.98. The van der Waals surface area contributed by atoms with Crippen LogP contribution >= 0.6 is 0 Å². The van der Waals surface area contributed by atoms with Crippen LogP contribution in [-0.4, -0.2) is 19.0 Å². The normalized spacial score (nSPS) is 10.3. The first-order valence-corrected chi connectivity index (χ1v) is 9.85. The zero-order chi connectivity index (χ0) is 22.1. The van der Waals surface area contributed by atoms with E-state index >= 15 is 0 Å². The number of hydrogen-bond donors (Lipinski definition) is 1. The lowest BCUT2D eigenvalue weighted by Gasteiger charge is -2.08. The van der Waals surface area contributed by atoms with E-state index in [9.17, 15) is 9.59 Å². The maximum Gasteiger partial charge on any atom is 0.330 e. The van der Waals surface area contributed by atoms with Crippen LogP contribution in [0.4, 0.5) is 0 Å². The van der Waals surface area contributed by atoms with Crippen LogP contribution < -0.4 is 5.32 Å². The highest BCUT2D eigenvalue weighted by Crippen LogP contribution is 2.13. The van der Waals surface area contributed by atoms with E-state index in [-0.39, 0.29) is 5.91 Å². The molecule has 0 saturated carbocycles. The first-order valence-electron chi connectivity index (χ1n) is 9.85. The molecule has 0 fully saturated rings. The predicted octanol–water partition coefficient (Wildman–Crippen LogP) is 4.51. The van der Waals surface area contributed by atoms with Crippen LogP contribution in [0.25, 0.3) is 6.08 Å². The van der Waals surface area contributed by atoms with E-state index in [1.54, 1.807) is 18.2 Å². The van der Waals surface area contributed by atoms with Gasteiger partial charge in [0, 0.05) is 29.3 Å². The highest BCUT2D eigenvalue weighted by Gasteiger charge is 2.08. The third kappa shape index (κ3) is 6.73.